The van der Waals surface area contributed by atoms with E-state index >= 15 is 0 Å². The average Bonchev–Trinajstić information content (AvgIpc) is 3.31. The van der Waals surface area contributed by atoms with Crippen LogP contribution in [0.3, 0.4) is 0 Å². The number of aryl methyl sites for hydroxylation is 2. The summed E-state index contributed by atoms with van der Waals surface area (Å²) in [6.07, 6.45) is 1.78. The van der Waals surface area contributed by atoms with Gasteiger partial charge in [-0.25, -0.2) is 0 Å². The molecule has 1 aromatic heterocycles. The fourth-order valence-electron chi connectivity index (χ4n) is 4.27. The molecule has 2 unspecified atom stereocenters. The van der Waals surface area contributed by atoms with Gasteiger partial charge < -0.3 is 19.0 Å². The van der Waals surface area contributed by atoms with Gasteiger partial charge in [0.2, 0.25) is 0 Å². The van der Waals surface area contributed by atoms with Crippen LogP contribution in [0.15, 0.2) is 34.7 Å². The highest BCUT2D eigenvalue weighted by Crippen LogP contribution is 2.34. The number of rotatable bonds is 11. The van der Waals surface area contributed by atoms with Crippen molar-refractivity contribution in [3.05, 3.63) is 58.1 Å². The van der Waals surface area contributed by atoms with Crippen molar-refractivity contribution >= 4 is 36.6 Å². The molecule has 8 nitrogen and oxygen atoms in total. The summed E-state index contributed by atoms with van der Waals surface area (Å²) >= 11 is 0. The second-order valence-corrected chi connectivity index (χ2v) is 11.2. The molecule has 0 fully saturated rings. The fraction of sp³-hybridized carbons (Fsp3) is 0.467. The Labute approximate surface area is 233 Å². The van der Waals surface area contributed by atoms with Gasteiger partial charge in [0.1, 0.15) is 19.6 Å². The number of benzene rings is 2. The molecule has 3 aromatic rings. The summed E-state index contributed by atoms with van der Waals surface area (Å²) in [4.78, 5) is 21.6. The van der Waals surface area contributed by atoms with Gasteiger partial charge in [-0.15, -0.1) is 0 Å². The number of carbonyl (C=O) groups is 2. The van der Waals surface area contributed by atoms with Crippen LogP contribution in [0, 0.1) is 13.8 Å². The molecule has 0 aliphatic carbocycles. The molecule has 0 saturated carbocycles. The quantitative estimate of drug-likeness (QED) is 0.202. The molecule has 3 N–H and O–H groups in total. The number of esters is 2. The Hall–Kier alpha value is -2.93. The van der Waals surface area contributed by atoms with Crippen molar-refractivity contribution in [1.82, 2.24) is 10.2 Å². The number of fused-ring (bicyclic) bond motifs is 1. The minimum absolute atomic E-state index is 0.125. The smallest absolute Gasteiger partial charge is 0.320 e. The molecule has 0 aliphatic rings. The molecule has 1 heterocycles. The van der Waals surface area contributed by atoms with Crippen molar-refractivity contribution in [2.75, 3.05) is 26.8 Å². The highest BCUT2D eigenvalue weighted by molar-refractivity contribution is 7.61. The van der Waals surface area contributed by atoms with Crippen LogP contribution in [-0.2, 0) is 25.5 Å². The van der Waals surface area contributed by atoms with Gasteiger partial charge in [-0.3, -0.25) is 19.8 Å². The molecule has 9 heteroatoms. The molecule has 39 heavy (non-hydrogen) atoms. The van der Waals surface area contributed by atoms with Crippen LogP contribution in [0.1, 0.15) is 74.8 Å². The summed E-state index contributed by atoms with van der Waals surface area (Å²) < 4.78 is 15.6. The maximum Gasteiger partial charge on any atom is 0.320 e. The first kappa shape index (κ1) is 32.3. The second kappa shape index (κ2) is 15.6. The molecule has 2 atom stereocenters. The highest BCUT2D eigenvalue weighted by Gasteiger charge is 2.19. The Bertz CT molecular complexity index is 1260. The first-order chi connectivity index (χ1) is 18.6. The molecule has 0 aliphatic heterocycles. The number of carbonyl (C=O) groups excluding carboxylic acids is 2. The molecule has 214 valence electrons. The third-order valence-corrected chi connectivity index (χ3v) is 8.11. The summed E-state index contributed by atoms with van der Waals surface area (Å²) in [5.41, 5.74) is 7.45. The van der Waals surface area contributed by atoms with Crippen LogP contribution in [0.5, 0.6) is 5.75 Å². The van der Waals surface area contributed by atoms with E-state index in [1.165, 1.54) is 29.2 Å². The Morgan fingerprint density at radius 1 is 1.08 bits per heavy atom. The zero-order chi connectivity index (χ0) is 29.1. The van der Waals surface area contributed by atoms with Crippen molar-refractivity contribution in [3.8, 4) is 5.75 Å². The first-order valence-corrected chi connectivity index (χ1v) is 14.7. The Morgan fingerprint density at radius 2 is 1.77 bits per heavy atom. The van der Waals surface area contributed by atoms with Crippen molar-refractivity contribution < 1.29 is 28.6 Å². The van der Waals surface area contributed by atoms with Crippen molar-refractivity contribution in [2.24, 2.45) is 0 Å². The Morgan fingerprint density at radius 3 is 2.33 bits per heavy atom. The number of hydrogen-bond acceptors (Lipinski definition) is 8. The number of phenols is 1. The maximum absolute atomic E-state index is 11.7. The lowest BCUT2D eigenvalue weighted by molar-refractivity contribution is -0.142. The summed E-state index contributed by atoms with van der Waals surface area (Å²) in [6, 6.07) is 10.1. The van der Waals surface area contributed by atoms with Gasteiger partial charge in [-0.1, -0.05) is 26.0 Å². The van der Waals surface area contributed by atoms with Crippen LogP contribution in [0.25, 0.3) is 11.0 Å². The fourth-order valence-corrected chi connectivity index (χ4v) is 5.54. The average molecular weight is 559 g/mol. The van der Waals surface area contributed by atoms with Crippen LogP contribution in [0.4, 0.5) is 0 Å². The maximum atomic E-state index is 11.7. The van der Waals surface area contributed by atoms with Crippen LogP contribution < -0.4 is 15.7 Å². The standard InChI is InChI=1S/C26H35N2O4P.C4H8O2/c1-7-16(3)21-13-19(9-10-23(21)29)12-20-17(4)11-24-22(18(20)5)14-26(32-24)33(27-6)28-15-25(30)31-8-2;1-3-6-4(2)5/h9-11,13-14,16,27-29H,7-8,12,15H2,1-6H3;3H2,1-2H3. The number of hydrogen-bond donors (Lipinski definition) is 3. The predicted molar refractivity (Wildman–Crippen MR) is 158 cm³/mol. The zero-order valence-corrected chi connectivity index (χ0v) is 25.3. The third kappa shape index (κ3) is 9.06. The van der Waals surface area contributed by atoms with Gasteiger partial charge >= 0.3 is 11.9 Å². The lowest BCUT2D eigenvalue weighted by Gasteiger charge is -2.15. The lowest BCUT2D eigenvalue weighted by atomic mass is 9.90. The number of aromatic hydroxyl groups is 1. The number of ether oxygens (including phenoxy) is 2. The van der Waals surface area contributed by atoms with Crippen molar-refractivity contribution in [2.45, 2.75) is 67.2 Å². The van der Waals surface area contributed by atoms with Gasteiger partial charge in [-0.2, -0.15) is 0 Å². The van der Waals surface area contributed by atoms with Crippen LogP contribution in [-0.4, -0.2) is 43.9 Å². The number of furan rings is 1. The van der Waals surface area contributed by atoms with E-state index < -0.39 is 8.22 Å². The van der Waals surface area contributed by atoms with E-state index in [2.05, 4.69) is 60.8 Å². The van der Waals surface area contributed by atoms with Gasteiger partial charge in [0.15, 0.2) is 5.50 Å². The van der Waals surface area contributed by atoms with Crippen molar-refractivity contribution in [1.29, 1.82) is 0 Å². The number of nitrogens with one attached hydrogen (secondary N) is 2. The molecule has 0 amide bonds. The van der Waals surface area contributed by atoms with Gasteiger partial charge in [0.25, 0.3) is 0 Å². The summed E-state index contributed by atoms with van der Waals surface area (Å²) in [7, 11) is 0.812. The normalized spacial score (nSPS) is 12.4. The van der Waals surface area contributed by atoms with E-state index in [9.17, 15) is 14.7 Å². The third-order valence-electron chi connectivity index (χ3n) is 6.52. The molecule has 0 saturated heterocycles. The molecular formula is C30H43N2O6P. The van der Waals surface area contributed by atoms with Crippen LogP contribution >= 0.6 is 8.22 Å². The van der Waals surface area contributed by atoms with Crippen LogP contribution in [0.2, 0.25) is 0 Å². The van der Waals surface area contributed by atoms with E-state index in [0.29, 0.717) is 24.9 Å². The monoisotopic (exact) mass is 558 g/mol. The zero-order valence-electron chi connectivity index (χ0n) is 24.4. The molecular weight excluding hydrogens is 515 g/mol. The molecule has 2 aromatic carbocycles. The van der Waals surface area contributed by atoms with E-state index in [1.807, 2.05) is 19.2 Å². The minimum atomic E-state index is -1.04. The van der Waals surface area contributed by atoms with Gasteiger partial charge in [0, 0.05) is 12.3 Å². The predicted octanol–water partition coefficient (Wildman–Crippen LogP) is 5.74. The lowest BCUT2D eigenvalue weighted by Crippen LogP contribution is -2.28. The summed E-state index contributed by atoms with van der Waals surface area (Å²) in [6.45, 7) is 14.5. The Kier molecular flexibility index (Phi) is 12.9. The number of phenolic OH excluding ortho intramolecular Hbond substituents is 1. The van der Waals surface area contributed by atoms with E-state index in [4.69, 9.17) is 9.15 Å². The molecule has 0 bridgehead atoms. The van der Waals surface area contributed by atoms with E-state index in [1.54, 1.807) is 13.8 Å². The molecule has 0 radical (unpaired) electrons. The second-order valence-electron chi connectivity index (χ2n) is 9.30. The highest BCUT2D eigenvalue weighted by atomic mass is 31.1. The molecule has 3 rings (SSSR count). The topological polar surface area (TPSA) is 110 Å². The SMILES string of the molecule is CCOC(=O)CNP(NC)c1cc2c(C)c(Cc3ccc(O)c(C(C)CC)c3)c(C)cc2o1.CCOC(C)=O. The summed E-state index contributed by atoms with van der Waals surface area (Å²) in [5, 5.41) is 17.8. The van der Waals surface area contributed by atoms with Crippen molar-refractivity contribution in [3.63, 3.8) is 0 Å². The van der Waals surface area contributed by atoms with Gasteiger partial charge in [0.05, 0.1) is 19.8 Å². The van der Waals surface area contributed by atoms with Gasteiger partial charge in [-0.05, 0) is 99.5 Å². The van der Waals surface area contributed by atoms with E-state index in [-0.39, 0.29) is 18.5 Å². The summed E-state index contributed by atoms with van der Waals surface area (Å²) in [5.74, 6) is 0.190. The Balaban J connectivity index is 0.000000798. The largest absolute Gasteiger partial charge is 0.508 e. The van der Waals surface area contributed by atoms with E-state index in [0.717, 1.165) is 34.9 Å². The minimum Gasteiger partial charge on any atom is -0.508 e. The first-order valence-electron chi connectivity index (χ1n) is 13.4. The molecule has 0 spiro atoms.